The van der Waals surface area contributed by atoms with Crippen LogP contribution < -0.4 is 0 Å². The Kier molecular flexibility index (Phi) is 4.66. The second-order valence-electron chi connectivity index (χ2n) is 6.72. The predicted molar refractivity (Wildman–Crippen MR) is 86.5 cm³/mol. The molecule has 3 rings (SSSR count). The standard InChI is InChI=1S/C18H24N2O3/c1-13-2-4-14(5-3-13)11-20-12-15(10-17(20)22)18(23)19-8-6-16(21)7-9-19/h2-5,15-16,21H,6-12H2,1H3. The normalized spacial score (nSPS) is 22.7. The van der Waals surface area contributed by atoms with Gasteiger partial charge in [-0.25, -0.2) is 0 Å². The number of aliphatic hydroxyl groups is 1. The molecule has 23 heavy (non-hydrogen) atoms. The van der Waals surface area contributed by atoms with Crippen LogP contribution in [0.5, 0.6) is 0 Å². The van der Waals surface area contributed by atoms with Gasteiger partial charge in [0, 0.05) is 32.6 Å². The third kappa shape index (κ3) is 3.72. The van der Waals surface area contributed by atoms with Gasteiger partial charge in [0.05, 0.1) is 12.0 Å². The minimum Gasteiger partial charge on any atom is -0.393 e. The van der Waals surface area contributed by atoms with E-state index in [2.05, 4.69) is 0 Å². The van der Waals surface area contributed by atoms with Crippen LogP contribution in [0.3, 0.4) is 0 Å². The number of hydrogen-bond donors (Lipinski definition) is 1. The van der Waals surface area contributed by atoms with Crippen molar-refractivity contribution in [2.24, 2.45) is 5.92 Å². The number of likely N-dealkylation sites (tertiary alicyclic amines) is 2. The minimum atomic E-state index is -0.290. The molecule has 0 saturated carbocycles. The number of carbonyl (C=O) groups is 2. The summed E-state index contributed by atoms with van der Waals surface area (Å²) in [6.45, 7) is 4.31. The molecule has 2 fully saturated rings. The van der Waals surface area contributed by atoms with E-state index < -0.39 is 0 Å². The first kappa shape index (κ1) is 16.0. The van der Waals surface area contributed by atoms with Crippen LogP contribution in [0.2, 0.25) is 0 Å². The van der Waals surface area contributed by atoms with Crippen molar-refractivity contribution >= 4 is 11.8 Å². The summed E-state index contributed by atoms with van der Waals surface area (Å²) in [4.78, 5) is 28.4. The molecule has 1 aromatic rings. The maximum atomic E-state index is 12.6. The average molecular weight is 316 g/mol. The SMILES string of the molecule is Cc1ccc(CN2CC(C(=O)N3CCC(O)CC3)CC2=O)cc1. The van der Waals surface area contributed by atoms with Gasteiger partial charge in [0.1, 0.15) is 0 Å². The molecule has 5 heteroatoms. The lowest BCUT2D eigenvalue weighted by Crippen LogP contribution is -2.43. The number of nitrogens with zero attached hydrogens (tertiary/aromatic N) is 2. The van der Waals surface area contributed by atoms with Gasteiger partial charge in [-0.15, -0.1) is 0 Å². The van der Waals surface area contributed by atoms with Crippen LogP contribution in [0.1, 0.15) is 30.4 Å². The van der Waals surface area contributed by atoms with E-state index in [1.807, 2.05) is 31.2 Å². The Labute approximate surface area is 136 Å². The number of aryl methyl sites for hydroxylation is 1. The van der Waals surface area contributed by atoms with Crippen LogP contribution >= 0.6 is 0 Å². The zero-order valence-electron chi connectivity index (χ0n) is 13.6. The molecule has 124 valence electrons. The molecule has 2 aliphatic rings. The number of aliphatic hydroxyl groups excluding tert-OH is 1. The molecule has 5 nitrogen and oxygen atoms in total. The Hall–Kier alpha value is -1.88. The van der Waals surface area contributed by atoms with E-state index in [1.165, 1.54) is 5.56 Å². The molecule has 0 aliphatic carbocycles. The fourth-order valence-corrected chi connectivity index (χ4v) is 3.35. The van der Waals surface area contributed by atoms with Gasteiger partial charge in [-0.05, 0) is 25.3 Å². The van der Waals surface area contributed by atoms with Crippen LogP contribution in [0, 0.1) is 12.8 Å². The highest BCUT2D eigenvalue weighted by molar-refractivity contribution is 5.89. The summed E-state index contributed by atoms with van der Waals surface area (Å²) in [5, 5.41) is 9.54. The smallest absolute Gasteiger partial charge is 0.227 e. The summed E-state index contributed by atoms with van der Waals surface area (Å²) < 4.78 is 0. The third-order valence-corrected chi connectivity index (χ3v) is 4.83. The van der Waals surface area contributed by atoms with Crippen molar-refractivity contribution < 1.29 is 14.7 Å². The molecule has 1 atom stereocenters. The quantitative estimate of drug-likeness (QED) is 0.915. The van der Waals surface area contributed by atoms with Gasteiger partial charge in [-0.2, -0.15) is 0 Å². The Bertz CT molecular complexity index is 576. The van der Waals surface area contributed by atoms with E-state index in [1.54, 1.807) is 9.80 Å². The van der Waals surface area contributed by atoms with Gasteiger partial charge < -0.3 is 14.9 Å². The molecule has 2 heterocycles. The van der Waals surface area contributed by atoms with E-state index in [4.69, 9.17) is 0 Å². The molecule has 2 aliphatic heterocycles. The second kappa shape index (κ2) is 6.71. The molecular weight excluding hydrogens is 292 g/mol. The summed E-state index contributed by atoms with van der Waals surface area (Å²) >= 11 is 0. The highest BCUT2D eigenvalue weighted by Gasteiger charge is 2.37. The lowest BCUT2D eigenvalue weighted by molar-refractivity contribution is -0.137. The fourth-order valence-electron chi connectivity index (χ4n) is 3.35. The van der Waals surface area contributed by atoms with Gasteiger partial charge in [-0.1, -0.05) is 29.8 Å². The number of rotatable bonds is 3. The van der Waals surface area contributed by atoms with E-state index in [0.717, 1.165) is 5.56 Å². The largest absolute Gasteiger partial charge is 0.393 e. The third-order valence-electron chi connectivity index (χ3n) is 4.83. The Morgan fingerprint density at radius 1 is 1.22 bits per heavy atom. The van der Waals surface area contributed by atoms with E-state index >= 15 is 0 Å². The molecule has 0 bridgehead atoms. The van der Waals surface area contributed by atoms with E-state index in [-0.39, 0.29) is 23.8 Å². The highest BCUT2D eigenvalue weighted by atomic mass is 16.3. The molecule has 1 unspecified atom stereocenters. The summed E-state index contributed by atoms with van der Waals surface area (Å²) in [5.41, 5.74) is 2.29. The molecule has 0 radical (unpaired) electrons. The second-order valence-corrected chi connectivity index (χ2v) is 6.72. The number of piperidine rings is 1. The number of benzene rings is 1. The lowest BCUT2D eigenvalue weighted by Gasteiger charge is -2.31. The summed E-state index contributed by atoms with van der Waals surface area (Å²) in [5.74, 6) is -0.110. The molecule has 2 saturated heterocycles. The van der Waals surface area contributed by atoms with Crippen LogP contribution in [0.25, 0.3) is 0 Å². The molecule has 0 aromatic heterocycles. The van der Waals surface area contributed by atoms with E-state index in [0.29, 0.717) is 45.4 Å². The Balaban J connectivity index is 1.58. The summed E-state index contributed by atoms with van der Waals surface area (Å²) in [6, 6.07) is 8.14. The molecule has 1 N–H and O–H groups in total. The van der Waals surface area contributed by atoms with Crippen molar-refractivity contribution in [2.45, 2.75) is 38.8 Å². The summed E-state index contributed by atoms with van der Waals surface area (Å²) in [7, 11) is 0. The molecular formula is C18H24N2O3. The number of amides is 2. The van der Waals surface area contributed by atoms with Gasteiger partial charge in [-0.3, -0.25) is 9.59 Å². The maximum Gasteiger partial charge on any atom is 0.227 e. The van der Waals surface area contributed by atoms with Crippen LogP contribution in [-0.2, 0) is 16.1 Å². The van der Waals surface area contributed by atoms with Crippen molar-refractivity contribution in [3.63, 3.8) is 0 Å². The Morgan fingerprint density at radius 2 is 1.87 bits per heavy atom. The first-order chi connectivity index (χ1) is 11.0. The topological polar surface area (TPSA) is 60.9 Å². The predicted octanol–water partition coefficient (Wildman–Crippen LogP) is 1.33. The fraction of sp³-hybridized carbons (Fsp3) is 0.556. The van der Waals surface area contributed by atoms with Crippen molar-refractivity contribution in [2.75, 3.05) is 19.6 Å². The van der Waals surface area contributed by atoms with Crippen molar-refractivity contribution in [1.29, 1.82) is 0 Å². The van der Waals surface area contributed by atoms with Crippen LogP contribution in [0.15, 0.2) is 24.3 Å². The number of hydrogen-bond acceptors (Lipinski definition) is 3. The van der Waals surface area contributed by atoms with Gasteiger partial charge in [0.2, 0.25) is 11.8 Å². The Morgan fingerprint density at radius 3 is 2.52 bits per heavy atom. The van der Waals surface area contributed by atoms with Crippen LogP contribution in [-0.4, -0.2) is 52.5 Å². The average Bonchev–Trinajstić information content (AvgIpc) is 2.91. The monoisotopic (exact) mass is 316 g/mol. The molecule has 2 amide bonds. The number of carbonyl (C=O) groups excluding carboxylic acids is 2. The first-order valence-electron chi connectivity index (χ1n) is 8.33. The van der Waals surface area contributed by atoms with Gasteiger partial charge in [0.15, 0.2) is 0 Å². The molecule has 1 aromatic carbocycles. The highest BCUT2D eigenvalue weighted by Crippen LogP contribution is 2.24. The maximum absolute atomic E-state index is 12.6. The lowest BCUT2D eigenvalue weighted by atomic mass is 10.0. The van der Waals surface area contributed by atoms with Crippen LogP contribution in [0.4, 0.5) is 0 Å². The van der Waals surface area contributed by atoms with Crippen molar-refractivity contribution in [1.82, 2.24) is 9.80 Å². The molecule has 0 spiro atoms. The van der Waals surface area contributed by atoms with Crippen molar-refractivity contribution in [3.8, 4) is 0 Å². The van der Waals surface area contributed by atoms with Gasteiger partial charge in [0.25, 0.3) is 0 Å². The zero-order valence-corrected chi connectivity index (χ0v) is 13.6. The van der Waals surface area contributed by atoms with E-state index in [9.17, 15) is 14.7 Å². The minimum absolute atomic E-state index is 0.0565. The first-order valence-corrected chi connectivity index (χ1v) is 8.33. The summed E-state index contributed by atoms with van der Waals surface area (Å²) in [6.07, 6.45) is 1.30. The van der Waals surface area contributed by atoms with Gasteiger partial charge >= 0.3 is 0 Å². The van der Waals surface area contributed by atoms with Crippen molar-refractivity contribution in [3.05, 3.63) is 35.4 Å². The zero-order chi connectivity index (χ0) is 16.4.